The lowest BCUT2D eigenvalue weighted by Crippen LogP contribution is -2.41. The zero-order chi connectivity index (χ0) is 21.7. The van der Waals surface area contributed by atoms with Crippen LogP contribution in [0.15, 0.2) is 29.3 Å². The van der Waals surface area contributed by atoms with E-state index in [0.717, 1.165) is 26.1 Å². The summed E-state index contributed by atoms with van der Waals surface area (Å²) in [5, 5.41) is 16.5. The molecule has 0 spiro atoms. The number of alkyl halides is 3. The summed E-state index contributed by atoms with van der Waals surface area (Å²) in [6.45, 7) is 5.81. The highest BCUT2D eigenvalue weighted by atomic mass is 19.4. The Balaban J connectivity index is 2.50. The van der Waals surface area contributed by atoms with E-state index in [2.05, 4.69) is 25.3 Å². The number of hydrogen-bond acceptors (Lipinski definition) is 5. The van der Waals surface area contributed by atoms with Crippen molar-refractivity contribution in [2.24, 2.45) is 4.99 Å². The second-order valence-electron chi connectivity index (χ2n) is 6.43. The van der Waals surface area contributed by atoms with Crippen LogP contribution in [-0.4, -0.2) is 75.8 Å². The maximum atomic E-state index is 12.2. The van der Waals surface area contributed by atoms with Crippen molar-refractivity contribution in [3.8, 4) is 5.75 Å². The number of aliphatic hydroxyl groups excluding tert-OH is 1. The van der Waals surface area contributed by atoms with Crippen molar-refractivity contribution in [3.63, 3.8) is 0 Å². The minimum absolute atomic E-state index is 0.0679. The molecule has 0 amide bonds. The number of nitrogens with zero attached hydrogens (tertiary/aromatic N) is 2. The second-order valence-corrected chi connectivity index (χ2v) is 6.43. The zero-order valence-electron chi connectivity index (χ0n) is 17.1. The number of methoxy groups -OCH3 is 1. The molecule has 0 aliphatic rings. The Kier molecular flexibility index (Phi) is 11.4. The zero-order valence-corrected chi connectivity index (χ0v) is 17.1. The van der Waals surface area contributed by atoms with Gasteiger partial charge in [0.05, 0.1) is 12.6 Å². The van der Waals surface area contributed by atoms with Gasteiger partial charge in [-0.05, 0) is 38.1 Å². The highest BCUT2D eigenvalue weighted by Crippen LogP contribution is 2.24. The molecule has 0 saturated carbocycles. The predicted molar refractivity (Wildman–Crippen MR) is 106 cm³/mol. The van der Waals surface area contributed by atoms with Crippen LogP contribution in [0, 0.1) is 0 Å². The van der Waals surface area contributed by atoms with Crippen molar-refractivity contribution < 1.29 is 27.8 Å². The Morgan fingerprint density at radius 1 is 1.21 bits per heavy atom. The molecule has 1 aromatic carbocycles. The average molecular weight is 420 g/mol. The lowest BCUT2D eigenvalue weighted by Gasteiger charge is -2.18. The van der Waals surface area contributed by atoms with Gasteiger partial charge in [-0.2, -0.15) is 0 Å². The van der Waals surface area contributed by atoms with Gasteiger partial charge in [0.25, 0.3) is 0 Å². The Morgan fingerprint density at radius 3 is 2.48 bits per heavy atom. The van der Waals surface area contributed by atoms with E-state index in [1.807, 2.05) is 14.0 Å². The average Bonchev–Trinajstić information content (AvgIpc) is 2.65. The van der Waals surface area contributed by atoms with Gasteiger partial charge in [0.2, 0.25) is 0 Å². The number of hydrogen-bond donors (Lipinski definition) is 3. The summed E-state index contributed by atoms with van der Waals surface area (Å²) in [6, 6.07) is 5.10. The molecule has 0 radical (unpaired) electrons. The molecule has 1 aromatic rings. The van der Waals surface area contributed by atoms with E-state index in [0.29, 0.717) is 24.6 Å². The summed E-state index contributed by atoms with van der Waals surface area (Å²) in [4.78, 5) is 6.51. The molecule has 29 heavy (non-hydrogen) atoms. The number of guanidine groups is 1. The third-order valence-electron chi connectivity index (χ3n) is 3.94. The molecule has 0 bridgehead atoms. The fraction of sp³-hybridized carbons (Fsp3) is 0.632. The molecular weight excluding hydrogens is 389 g/mol. The van der Waals surface area contributed by atoms with E-state index in [9.17, 15) is 18.3 Å². The van der Waals surface area contributed by atoms with Gasteiger partial charge < -0.3 is 30.1 Å². The van der Waals surface area contributed by atoms with Gasteiger partial charge in [-0.25, -0.2) is 0 Å². The van der Waals surface area contributed by atoms with E-state index in [4.69, 9.17) is 4.74 Å². The number of ether oxygens (including phenoxy) is 2. The fourth-order valence-corrected chi connectivity index (χ4v) is 2.47. The SMILES string of the molecule is CCNC(=NCC(O)c1ccc(OC(F)(F)F)cc1)NCCN(C)CCCOC. The van der Waals surface area contributed by atoms with Gasteiger partial charge in [-0.15, -0.1) is 13.2 Å². The Bertz CT molecular complexity index is 597. The predicted octanol–water partition coefficient (Wildman–Crippen LogP) is 2.14. The van der Waals surface area contributed by atoms with Crippen molar-refractivity contribution in [3.05, 3.63) is 29.8 Å². The minimum atomic E-state index is -4.74. The normalized spacial score (nSPS) is 13.4. The topological polar surface area (TPSA) is 78.4 Å². The van der Waals surface area contributed by atoms with Gasteiger partial charge in [0.15, 0.2) is 5.96 Å². The summed E-state index contributed by atoms with van der Waals surface area (Å²) >= 11 is 0. The summed E-state index contributed by atoms with van der Waals surface area (Å²) in [5.41, 5.74) is 0.456. The van der Waals surface area contributed by atoms with E-state index >= 15 is 0 Å². The largest absolute Gasteiger partial charge is 0.573 e. The Hall–Kier alpha value is -2.04. The van der Waals surface area contributed by atoms with Crippen LogP contribution in [0.2, 0.25) is 0 Å². The molecule has 0 heterocycles. The monoisotopic (exact) mass is 420 g/mol. The van der Waals surface area contributed by atoms with E-state index in [1.165, 1.54) is 24.3 Å². The van der Waals surface area contributed by atoms with Gasteiger partial charge in [-0.3, -0.25) is 4.99 Å². The van der Waals surface area contributed by atoms with Crippen molar-refractivity contribution in [2.45, 2.75) is 25.8 Å². The van der Waals surface area contributed by atoms with Crippen LogP contribution < -0.4 is 15.4 Å². The van der Waals surface area contributed by atoms with Crippen LogP contribution in [0.5, 0.6) is 5.75 Å². The Morgan fingerprint density at radius 2 is 1.90 bits per heavy atom. The Labute approximate surface area is 169 Å². The van der Waals surface area contributed by atoms with Crippen LogP contribution in [0.3, 0.4) is 0 Å². The molecule has 0 saturated heterocycles. The standard InChI is InChI=1S/C19H31F3N4O3/c1-4-23-18(24-10-12-26(2)11-5-13-28-3)25-14-17(27)15-6-8-16(9-7-15)29-19(20,21)22/h6-9,17,27H,4-5,10-14H2,1-3H3,(H2,23,24,25). The van der Waals surface area contributed by atoms with Gasteiger partial charge >= 0.3 is 6.36 Å². The lowest BCUT2D eigenvalue weighted by molar-refractivity contribution is -0.274. The smallest absolute Gasteiger partial charge is 0.406 e. The highest BCUT2D eigenvalue weighted by Gasteiger charge is 2.31. The third kappa shape index (κ3) is 11.5. The summed E-state index contributed by atoms with van der Waals surface area (Å²) < 4.78 is 45.5. The van der Waals surface area contributed by atoms with Crippen LogP contribution >= 0.6 is 0 Å². The van der Waals surface area contributed by atoms with Crippen molar-refractivity contribution in [1.29, 1.82) is 0 Å². The van der Waals surface area contributed by atoms with Crippen LogP contribution in [0.1, 0.15) is 25.0 Å². The molecule has 0 aliphatic carbocycles. The first kappa shape index (κ1) is 25.0. The molecular formula is C19H31F3N4O3. The van der Waals surface area contributed by atoms with Crippen molar-refractivity contribution >= 4 is 5.96 Å². The molecule has 0 fully saturated rings. The minimum Gasteiger partial charge on any atom is -0.406 e. The summed E-state index contributed by atoms with van der Waals surface area (Å²) in [6.07, 6.45) is -4.73. The second kappa shape index (κ2) is 13.2. The van der Waals surface area contributed by atoms with Gasteiger partial charge in [0, 0.05) is 39.9 Å². The quantitative estimate of drug-likeness (QED) is 0.273. The van der Waals surface area contributed by atoms with Crippen LogP contribution in [-0.2, 0) is 4.74 Å². The number of rotatable bonds is 12. The number of likely N-dealkylation sites (N-methyl/N-ethyl adjacent to an activating group) is 1. The molecule has 166 valence electrons. The molecule has 7 nitrogen and oxygen atoms in total. The first-order chi connectivity index (χ1) is 13.7. The molecule has 1 unspecified atom stereocenters. The number of aliphatic imine (C=N–C) groups is 1. The molecule has 10 heteroatoms. The fourth-order valence-electron chi connectivity index (χ4n) is 2.47. The molecule has 3 N–H and O–H groups in total. The van der Waals surface area contributed by atoms with Crippen LogP contribution in [0.25, 0.3) is 0 Å². The molecule has 0 aromatic heterocycles. The van der Waals surface area contributed by atoms with E-state index in [-0.39, 0.29) is 12.3 Å². The molecule has 1 atom stereocenters. The summed E-state index contributed by atoms with van der Waals surface area (Å²) in [7, 11) is 3.71. The molecule has 0 aliphatic heterocycles. The van der Waals surface area contributed by atoms with Gasteiger partial charge in [-0.1, -0.05) is 12.1 Å². The third-order valence-corrected chi connectivity index (χ3v) is 3.94. The lowest BCUT2D eigenvalue weighted by atomic mass is 10.1. The maximum Gasteiger partial charge on any atom is 0.573 e. The highest BCUT2D eigenvalue weighted by molar-refractivity contribution is 5.79. The van der Waals surface area contributed by atoms with Gasteiger partial charge in [0.1, 0.15) is 5.75 Å². The number of halogens is 3. The number of benzene rings is 1. The first-order valence-electron chi connectivity index (χ1n) is 9.48. The first-order valence-corrected chi connectivity index (χ1v) is 9.48. The summed E-state index contributed by atoms with van der Waals surface area (Å²) in [5.74, 6) is 0.232. The molecule has 1 rings (SSSR count). The number of aliphatic hydroxyl groups is 1. The van der Waals surface area contributed by atoms with Crippen molar-refractivity contribution in [1.82, 2.24) is 15.5 Å². The van der Waals surface area contributed by atoms with E-state index in [1.54, 1.807) is 7.11 Å². The number of nitrogens with one attached hydrogen (secondary N) is 2. The van der Waals surface area contributed by atoms with Crippen LogP contribution in [0.4, 0.5) is 13.2 Å². The van der Waals surface area contributed by atoms with E-state index < -0.39 is 12.5 Å². The maximum absolute atomic E-state index is 12.2. The van der Waals surface area contributed by atoms with Crippen molar-refractivity contribution in [2.75, 3.05) is 53.5 Å².